The molecule has 7 nitrogen and oxygen atoms in total. The summed E-state index contributed by atoms with van der Waals surface area (Å²) in [5, 5.41) is 16.3. The Hall–Kier alpha value is -3.49. The highest BCUT2D eigenvalue weighted by atomic mass is 79.9. The number of nitro groups is 1. The SMILES string of the molecule is Cc1ccc(C(=O)NC(=Cc2ccc(Br)cc2)C(=O)Nc2ccc(Cl)c([N+](=O)[O-])c2)cc1. The van der Waals surface area contributed by atoms with E-state index in [4.69, 9.17) is 11.6 Å². The molecule has 0 aliphatic heterocycles. The van der Waals surface area contributed by atoms with Gasteiger partial charge in [-0.15, -0.1) is 0 Å². The highest BCUT2D eigenvalue weighted by molar-refractivity contribution is 9.10. The van der Waals surface area contributed by atoms with Crippen LogP contribution in [0.4, 0.5) is 11.4 Å². The number of carbonyl (C=O) groups excluding carboxylic acids is 2. The highest BCUT2D eigenvalue weighted by Crippen LogP contribution is 2.27. The first-order valence-electron chi connectivity index (χ1n) is 9.33. The van der Waals surface area contributed by atoms with E-state index in [0.29, 0.717) is 11.1 Å². The fourth-order valence-corrected chi connectivity index (χ4v) is 3.16. The lowest BCUT2D eigenvalue weighted by molar-refractivity contribution is -0.384. The van der Waals surface area contributed by atoms with Crippen LogP contribution in [0, 0.1) is 17.0 Å². The minimum Gasteiger partial charge on any atom is -0.320 e. The van der Waals surface area contributed by atoms with Gasteiger partial charge in [0.2, 0.25) is 0 Å². The first-order chi connectivity index (χ1) is 15.2. The molecule has 9 heteroatoms. The molecule has 0 atom stereocenters. The number of amides is 2. The second kappa shape index (κ2) is 10.2. The number of hydrogen-bond acceptors (Lipinski definition) is 4. The molecule has 0 unspecified atom stereocenters. The number of aryl methyl sites for hydroxylation is 1. The maximum Gasteiger partial charge on any atom is 0.289 e. The van der Waals surface area contributed by atoms with Crippen LogP contribution in [0.2, 0.25) is 5.02 Å². The lowest BCUT2D eigenvalue weighted by Gasteiger charge is -2.12. The van der Waals surface area contributed by atoms with Gasteiger partial charge in [0.05, 0.1) is 4.92 Å². The van der Waals surface area contributed by atoms with E-state index in [9.17, 15) is 19.7 Å². The number of halogens is 2. The molecule has 0 spiro atoms. The molecular formula is C23H17BrClN3O4. The molecule has 0 saturated heterocycles. The number of nitrogens with one attached hydrogen (secondary N) is 2. The normalized spacial score (nSPS) is 11.0. The molecule has 0 heterocycles. The molecule has 32 heavy (non-hydrogen) atoms. The number of hydrogen-bond donors (Lipinski definition) is 2. The van der Waals surface area contributed by atoms with Crippen LogP contribution in [-0.4, -0.2) is 16.7 Å². The molecule has 3 aromatic rings. The van der Waals surface area contributed by atoms with E-state index in [2.05, 4.69) is 26.6 Å². The molecule has 0 aliphatic rings. The first-order valence-corrected chi connectivity index (χ1v) is 10.5. The summed E-state index contributed by atoms with van der Waals surface area (Å²) in [6.45, 7) is 1.90. The standard InChI is InChI=1S/C23H17BrClN3O4/c1-14-2-6-16(7-3-14)22(29)27-20(12-15-4-8-17(24)9-5-15)23(30)26-18-10-11-19(25)21(13-18)28(31)32/h2-13H,1H3,(H,26,30)(H,27,29). The van der Waals surface area contributed by atoms with Crippen LogP contribution in [0.1, 0.15) is 21.5 Å². The van der Waals surface area contributed by atoms with Gasteiger partial charge in [-0.1, -0.05) is 57.4 Å². The minimum atomic E-state index is -0.648. The van der Waals surface area contributed by atoms with Crippen molar-refractivity contribution >= 4 is 56.8 Å². The molecule has 162 valence electrons. The summed E-state index contributed by atoms with van der Waals surface area (Å²) in [4.78, 5) is 36.2. The van der Waals surface area contributed by atoms with Gasteiger partial charge < -0.3 is 10.6 Å². The van der Waals surface area contributed by atoms with Gasteiger partial charge in [-0.05, 0) is 55.0 Å². The number of carbonyl (C=O) groups is 2. The number of anilines is 1. The zero-order valence-corrected chi connectivity index (χ0v) is 19.1. The van der Waals surface area contributed by atoms with Crippen LogP contribution >= 0.6 is 27.5 Å². The van der Waals surface area contributed by atoms with Crippen LogP contribution in [0.5, 0.6) is 0 Å². The van der Waals surface area contributed by atoms with E-state index < -0.39 is 16.7 Å². The summed E-state index contributed by atoms with van der Waals surface area (Å²) in [5.74, 6) is -1.12. The number of nitrogens with zero attached hydrogens (tertiary/aromatic N) is 1. The average molecular weight is 515 g/mol. The highest BCUT2D eigenvalue weighted by Gasteiger charge is 2.18. The van der Waals surface area contributed by atoms with Gasteiger partial charge in [-0.25, -0.2) is 0 Å². The first kappa shape index (κ1) is 23.2. The van der Waals surface area contributed by atoms with E-state index >= 15 is 0 Å². The van der Waals surface area contributed by atoms with E-state index in [1.165, 1.54) is 18.2 Å². The van der Waals surface area contributed by atoms with E-state index in [0.717, 1.165) is 16.1 Å². The van der Waals surface area contributed by atoms with Crippen molar-refractivity contribution in [1.82, 2.24) is 5.32 Å². The van der Waals surface area contributed by atoms with Crippen molar-refractivity contribution < 1.29 is 14.5 Å². The summed E-state index contributed by atoms with van der Waals surface area (Å²) in [6.07, 6.45) is 1.51. The van der Waals surface area contributed by atoms with E-state index in [-0.39, 0.29) is 22.1 Å². The van der Waals surface area contributed by atoms with Crippen molar-refractivity contribution in [3.8, 4) is 0 Å². The molecule has 2 N–H and O–H groups in total. The zero-order valence-electron chi connectivity index (χ0n) is 16.8. The summed E-state index contributed by atoms with van der Waals surface area (Å²) < 4.78 is 0.859. The summed E-state index contributed by atoms with van der Waals surface area (Å²) >= 11 is 9.18. The van der Waals surface area contributed by atoms with Gasteiger partial charge in [0.25, 0.3) is 17.5 Å². The lowest BCUT2D eigenvalue weighted by atomic mass is 10.1. The third-order valence-electron chi connectivity index (χ3n) is 4.39. The maximum absolute atomic E-state index is 13.0. The van der Waals surface area contributed by atoms with E-state index in [1.54, 1.807) is 48.5 Å². The summed E-state index contributed by atoms with van der Waals surface area (Å²) in [7, 11) is 0. The molecule has 0 aromatic heterocycles. The van der Waals surface area contributed by atoms with Gasteiger partial charge in [0, 0.05) is 21.8 Å². The second-order valence-corrected chi connectivity index (χ2v) is 8.13. The third-order valence-corrected chi connectivity index (χ3v) is 5.24. The Balaban J connectivity index is 1.90. The predicted octanol–water partition coefficient (Wildman–Crippen LogP) is 5.73. The van der Waals surface area contributed by atoms with Crippen LogP contribution in [0.25, 0.3) is 6.08 Å². The number of benzene rings is 3. The Morgan fingerprint density at radius 3 is 2.31 bits per heavy atom. The van der Waals surface area contributed by atoms with Crippen molar-refractivity contribution in [2.45, 2.75) is 6.92 Å². The Labute approximate surface area is 197 Å². The molecule has 3 rings (SSSR count). The van der Waals surface area contributed by atoms with Gasteiger partial charge >= 0.3 is 0 Å². The molecule has 0 aliphatic carbocycles. The Morgan fingerprint density at radius 1 is 1.03 bits per heavy atom. The van der Waals surface area contributed by atoms with Gasteiger partial charge in [-0.3, -0.25) is 19.7 Å². The monoisotopic (exact) mass is 513 g/mol. The van der Waals surface area contributed by atoms with Crippen molar-refractivity contribution in [2.75, 3.05) is 5.32 Å². The summed E-state index contributed by atoms with van der Waals surface area (Å²) in [5.41, 5.74) is 1.84. The molecule has 2 amide bonds. The van der Waals surface area contributed by atoms with Crippen molar-refractivity contribution in [3.05, 3.63) is 109 Å². The fourth-order valence-electron chi connectivity index (χ4n) is 2.71. The molecule has 3 aromatic carbocycles. The molecule has 0 bridgehead atoms. The van der Waals surface area contributed by atoms with Gasteiger partial charge in [0.1, 0.15) is 10.7 Å². The topological polar surface area (TPSA) is 101 Å². The third kappa shape index (κ3) is 6.03. The minimum absolute atomic E-state index is 0.0319. The Kier molecular flexibility index (Phi) is 7.40. The van der Waals surface area contributed by atoms with Crippen LogP contribution in [-0.2, 0) is 4.79 Å². The predicted molar refractivity (Wildman–Crippen MR) is 128 cm³/mol. The molecule has 0 fully saturated rings. The van der Waals surface area contributed by atoms with Crippen molar-refractivity contribution in [2.24, 2.45) is 0 Å². The van der Waals surface area contributed by atoms with Crippen LogP contribution in [0.3, 0.4) is 0 Å². The second-order valence-electron chi connectivity index (χ2n) is 6.81. The Morgan fingerprint density at radius 2 is 1.69 bits per heavy atom. The van der Waals surface area contributed by atoms with Gasteiger partial charge in [0.15, 0.2) is 0 Å². The smallest absolute Gasteiger partial charge is 0.289 e. The summed E-state index contributed by atoms with van der Waals surface area (Å²) in [6, 6.07) is 17.9. The largest absolute Gasteiger partial charge is 0.320 e. The maximum atomic E-state index is 13.0. The van der Waals surface area contributed by atoms with Crippen molar-refractivity contribution in [3.63, 3.8) is 0 Å². The lowest BCUT2D eigenvalue weighted by Crippen LogP contribution is -2.30. The Bertz CT molecular complexity index is 1210. The number of rotatable bonds is 6. The molecular weight excluding hydrogens is 498 g/mol. The van der Waals surface area contributed by atoms with Crippen LogP contribution < -0.4 is 10.6 Å². The zero-order chi connectivity index (χ0) is 23.3. The molecule has 0 radical (unpaired) electrons. The van der Waals surface area contributed by atoms with Gasteiger partial charge in [-0.2, -0.15) is 0 Å². The molecule has 0 saturated carbocycles. The fraction of sp³-hybridized carbons (Fsp3) is 0.0435. The number of nitro benzene ring substituents is 1. The van der Waals surface area contributed by atoms with E-state index in [1.807, 2.05) is 6.92 Å². The van der Waals surface area contributed by atoms with Crippen molar-refractivity contribution in [1.29, 1.82) is 0 Å². The average Bonchev–Trinajstić information content (AvgIpc) is 2.76. The van der Waals surface area contributed by atoms with Crippen LogP contribution in [0.15, 0.2) is 76.9 Å². The quantitative estimate of drug-likeness (QED) is 0.249.